The molecule has 0 atom stereocenters. The Hall–Kier alpha value is -0.810. The van der Waals surface area contributed by atoms with Crippen molar-refractivity contribution in [3.63, 3.8) is 0 Å². The lowest BCUT2D eigenvalue weighted by molar-refractivity contribution is 0.0937. The summed E-state index contributed by atoms with van der Waals surface area (Å²) in [6.45, 7) is 0. The molecule has 1 N–H and O–H groups in total. The van der Waals surface area contributed by atoms with Gasteiger partial charge in [0, 0.05) is 12.2 Å². The Balaban J connectivity index is 2.07. The van der Waals surface area contributed by atoms with E-state index in [2.05, 4.69) is 15.3 Å². The van der Waals surface area contributed by atoms with Gasteiger partial charge in [-0.05, 0) is 19.1 Å². The van der Waals surface area contributed by atoms with Gasteiger partial charge in [0.05, 0.1) is 5.56 Å². The third kappa shape index (κ3) is 3.10. The summed E-state index contributed by atoms with van der Waals surface area (Å²) in [6.07, 6.45) is 7.82. The largest absolute Gasteiger partial charge is 0.349 e. The van der Waals surface area contributed by atoms with Gasteiger partial charge < -0.3 is 5.32 Å². The molecule has 17 heavy (non-hydrogen) atoms. The number of hydrogen-bond acceptors (Lipinski definition) is 4. The van der Waals surface area contributed by atoms with Crippen LogP contribution < -0.4 is 5.32 Å². The second-order valence-electron chi connectivity index (χ2n) is 4.02. The van der Waals surface area contributed by atoms with Crippen molar-refractivity contribution in [3.8, 4) is 0 Å². The molecular formula is C11H14ClN3OS. The van der Waals surface area contributed by atoms with Crippen LogP contribution in [-0.2, 0) is 0 Å². The van der Waals surface area contributed by atoms with Crippen molar-refractivity contribution < 1.29 is 4.79 Å². The average molecular weight is 272 g/mol. The molecule has 0 saturated heterocycles. The molecular weight excluding hydrogens is 258 g/mol. The van der Waals surface area contributed by atoms with Crippen LogP contribution in [0, 0.1) is 0 Å². The summed E-state index contributed by atoms with van der Waals surface area (Å²) in [6, 6.07) is 0.277. The van der Waals surface area contributed by atoms with E-state index in [0.29, 0.717) is 10.7 Å². The maximum absolute atomic E-state index is 11.9. The molecule has 0 unspecified atom stereocenters. The third-order valence-corrected chi connectivity index (χ3v) is 3.69. The molecule has 6 heteroatoms. The molecule has 4 nitrogen and oxygen atoms in total. The van der Waals surface area contributed by atoms with E-state index in [0.717, 1.165) is 12.8 Å². The molecule has 0 aromatic carbocycles. The summed E-state index contributed by atoms with van der Waals surface area (Å²) in [4.78, 5) is 20.0. The molecule has 0 aliphatic heterocycles. The Bertz CT molecular complexity index is 421. The number of nitrogens with zero attached hydrogens (tertiary/aromatic N) is 2. The van der Waals surface area contributed by atoms with E-state index in [1.165, 1.54) is 30.8 Å². The van der Waals surface area contributed by atoms with E-state index in [1.807, 2.05) is 6.26 Å². The summed E-state index contributed by atoms with van der Waals surface area (Å²) in [5.74, 6) is -0.172. The molecule has 1 heterocycles. The van der Waals surface area contributed by atoms with E-state index in [-0.39, 0.29) is 17.1 Å². The topological polar surface area (TPSA) is 54.9 Å². The van der Waals surface area contributed by atoms with E-state index in [4.69, 9.17) is 11.6 Å². The fourth-order valence-corrected chi connectivity index (χ4v) is 2.54. The average Bonchev–Trinajstić information content (AvgIpc) is 2.81. The van der Waals surface area contributed by atoms with Crippen molar-refractivity contribution in [2.24, 2.45) is 0 Å². The fraction of sp³-hybridized carbons (Fsp3) is 0.545. The van der Waals surface area contributed by atoms with Crippen molar-refractivity contribution in [1.29, 1.82) is 0 Å². The van der Waals surface area contributed by atoms with Gasteiger partial charge in [-0.1, -0.05) is 36.2 Å². The van der Waals surface area contributed by atoms with Crippen LogP contribution in [0.5, 0.6) is 0 Å². The smallest absolute Gasteiger partial charge is 0.256 e. The Kier molecular flexibility index (Phi) is 4.23. The number of halogens is 1. The van der Waals surface area contributed by atoms with Gasteiger partial charge in [0.2, 0.25) is 0 Å². The van der Waals surface area contributed by atoms with Crippen molar-refractivity contribution in [1.82, 2.24) is 15.3 Å². The van der Waals surface area contributed by atoms with Crippen molar-refractivity contribution >= 4 is 29.3 Å². The minimum atomic E-state index is -0.172. The second-order valence-corrected chi connectivity index (χ2v) is 5.15. The Morgan fingerprint density at radius 2 is 2.24 bits per heavy atom. The van der Waals surface area contributed by atoms with Crippen LogP contribution >= 0.6 is 23.4 Å². The molecule has 92 valence electrons. The standard InChI is InChI=1S/C11H14ClN3OS/c1-17-11-13-6-8(9(12)15-11)10(16)14-7-4-2-3-5-7/h6-7H,2-5H2,1H3,(H,14,16). The molecule has 0 spiro atoms. The number of thioether (sulfide) groups is 1. The number of hydrogen-bond donors (Lipinski definition) is 1. The predicted octanol–water partition coefficient (Wildman–Crippen LogP) is 2.52. The summed E-state index contributed by atoms with van der Waals surface area (Å²) >= 11 is 7.36. The molecule has 0 radical (unpaired) electrons. The highest BCUT2D eigenvalue weighted by molar-refractivity contribution is 7.98. The van der Waals surface area contributed by atoms with Crippen LogP contribution in [-0.4, -0.2) is 28.2 Å². The minimum Gasteiger partial charge on any atom is -0.349 e. The quantitative estimate of drug-likeness (QED) is 0.521. The molecule has 1 aromatic rings. The van der Waals surface area contributed by atoms with E-state index in [1.54, 1.807) is 0 Å². The first kappa shape index (κ1) is 12.6. The molecule has 1 fully saturated rings. The highest BCUT2D eigenvalue weighted by atomic mass is 35.5. The van der Waals surface area contributed by atoms with Crippen LogP contribution in [0.2, 0.25) is 5.15 Å². The van der Waals surface area contributed by atoms with Crippen LogP contribution in [0.15, 0.2) is 11.4 Å². The van der Waals surface area contributed by atoms with Crippen LogP contribution in [0.3, 0.4) is 0 Å². The van der Waals surface area contributed by atoms with Gasteiger partial charge in [0.25, 0.3) is 5.91 Å². The summed E-state index contributed by atoms with van der Waals surface area (Å²) in [5.41, 5.74) is 0.358. The third-order valence-electron chi connectivity index (χ3n) is 2.84. The molecule has 1 aliphatic rings. The van der Waals surface area contributed by atoms with Crippen molar-refractivity contribution in [3.05, 3.63) is 16.9 Å². The Morgan fingerprint density at radius 3 is 2.82 bits per heavy atom. The number of carbonyl (C=O) groups excluding carboxylic acids is 1. The molecule has 1 amide bonds. The first-order valence-corrected chi connectivity index (χ1v) is 7.18. The fourth-order valence-electron chi connectivity index (χ4n) is 1.93. The monoisotopic (exact) mass is 271 g/mol. The summed E-state index contributed by atoms with van der Waals surface area (Å²) < 4.78 is 0. The Morgan fingerprint density at radius 1 is 1.53 bits per heavy atom. The summed E-state index contributed by atoms with van der Waals surface area (Å²) in [7, 11) is 0. The zero-order valence-electron chi connectivity index (χ0n) is 9.57. The van der Waals surface area contributed by atoms with Gasteiger partial charge in [0.1, 0.15) is 5.15 Å². The number of amides is 1. The van der Waals surface area contributed by atoms with Crippen molar-refractivity contribution in [2.75, 3.05) is 6.26 Å². The van der Waals surface area contributed by atoms with Gasteiger partial charge in [-0.15, -0.1) is 0 Å². The molecule has 1 aliphatic carbocycles. The summed E-state index contributed by atoms with van der Waals surface area (Å²) in [5, 5.41) is 3.76. The maximum Gasteiger partial charge on any atom is 0.256 e. The second kappa shape index (κ2) is 5.69. The number of aromatic nitrogens is 2. The highest BCUT2D eigenvalue weighted by Crippen LogP contribution is 2.20. The van der Waals surface area contributed by atoms with Gasteiger partial charge in [-0.25, -0.2) is 9.97 Å². The van der Waals surface area contributed by atoms with Crippen LogP contribution in [0.1, 0.15) is 36.0 Å². The van der Waals surface area contributed by atoms with E-state index in [9.17, 15) is 4.79 Å². The van der Waals surface area contributed by atoms with Crippen LogP contribution in [0.25, 0.3) is 0 Å². The zero-order chi connectivity index (χ0) is 12.3. The lowest BCUT2D eigenvalue weighted by Gasteiger charge is -2.12. The number of nitrogens with one attached hydrogen (secondary N) is 1. The normalized spacial score (nSPS) is 16.1. The zero-order valence-corrected chi connectivity index (χ0v) is 11.1. The SMILES string of the molecule is CSc1ncc(C(=O)NC2CCCC2)c(Cl)n1. The lowest BCUT2D eigenvalue weighted by atomic mass is 10.2. The first-order valence-electron chi connectivity index (χ1n) is 5.58. The maximum atomic E-state index is 11.9. The highest BCUT2D eigenvalue weighted by Gasteiger charge is 2.20. The molecule has 0 bridgehead atoms. The predicted molar refractivity (Wildman–Crippen MR) is 68.5 cm³/mol. The molecule has 2 rings (SSSR count). The van der Waals surface area contributed by atoms with Crippen LogP contribution in [0.4, 0.5) is 0 Å². The van der Waals surface area contributed by atoms with E-state index < -0.39 is 0 Å². The van der Waals surface area contributed by atoms with Gasteiger partial charge in [0.15, 0.2) is 5.16 Å². The first-order chi connectivity index (χ1) is 8.20. The molecule has 1 aromatic heterocycles. The number of rotatable bonds is 3. The minimum absolute atomic E-state index is 0.172. The van der Waals surface area contributed by atoms with Crippen molar-refractivity contribution in [2.45, 2.75) is 36.9 Å². The Labute approximate surface area is 110 Å². The lowest BCUT2D eigenvalue weighted by Crippen LogP contribution is -2.33. The van der Waals surface area contributed by atoms with Gasteiger partial charge in [-0.2, -0.15) is 0 Å². The van der Waals surface area contributed by atoms with Gasteiger partial charge >= 0.3 is 0 Å². The number of carbonyl (C=O) groups is 1. The van der Waals surface area contributed by atoms with E-state index >= 15 is 0 Å². The van der Waals surface area contributed by atoms with Gasteiger partial charge in [-0.3, -0.25) is 4.79 Å². The molecule has 1 saturated carbocycles.